The van der Waals surface area contributed by atoms with Crippen LogP contribution < -0.4 is 5.32 Å². The average Bonchev–Trinajstić information content (AvgIpc) is 2.89. The van der Waals surface area contributed by atoms with Crippen LogP contribution in [0.4, 0.5) is 5.82 Å². The largest absolute Gasteiger partial charge is 0.373 e. The van der Waals surface area contributed by atoms with E-state index in [-0.39, 0.29) is 5.91 Å². The van der Waals surface area contributed by atoms with Crippen molar-refractivity contribution in [3.05, 3.63) is 41.3 Å². The van der Waals surface area contributed by atoms with Crippen LogP contribution in [0.1, 0.15) is 21.6 Å². The molecule has 6 heteroatoms. The number of pyridine rings is 1. The monoisotopic (exact) mass is 259 g/mol. The number of hydrogen-bond acceptors (Lipinski definition) is 4. The summed E-state index contributed by atoms with van der Waals surface area (Å²) >= 11 is 0. The Morgan fingerprint density at radius 2 is 2.26 bits per heavy atom. The minimum Gasteiger partial charge on any atom is -0.373 e. The summed E-state index contributed by atoms with van der Waals surface area (Å²) in [6.07, 6.45) is 3.49. The molecule has 2 heterocycles. The number of hydrogen-bond donors (Lipinski definition) is 2. The average molecular weight is 259 g/mol. The standard InChI is InChI=1S/C13H17N5O/c1-9-4-11(5-12(14-2)17-9)13(19)18(3)8-10-6-15-16-7-10/h4-7H,8H2,1-3H3,(H,14,17)(H,15,16). The molecular formula is C13H17N5O. The topological polar surface area (TPSA) is 73.9 Å². The zero-order valence-electron chi connectivity index (χ0n) is 11.3. The molecule has 0 saturated heterocycles. The first-order valence-electron chi connectivity index (χ1n) is 5.99. The van der Waals surface area contributed by atoms with Gasteiger partial charge in [-0.2, -0.15) is 5.10 Å². The van der Waals surface area contributed by atoms with Crippen LogP contribution in [0.3, 0.4) is 0 Å². The Morgan fingerprint density at radius 1 is 1.47 bits per heavy atom. The Balaban J connectivity index is 2.16. The van der Waals surface area contributed by atoms with E-state index in [2.05, 4.69) is 20.5 Å². The summed E-state index contributed by atoms with van der Waals surface area (Å²) in [5.74, 6) is 0.656. The van der Waals surface area contributed by atoms with Crippen molar-refractivity contribution < 1.29 is 4.79 Å². The van der Waals surface area contributed by atoms with E-state index >= 15 is 0 Å². The lowest BCUT2D eigenvalue weighted by Crippen LogP contribution is -2.26. The molecule has 2 rings (SSSR count). The number of carbonyl (C=O) groups is 1. The summed E-state index contributed by atoms with van der Waals surface area (Å²) in [6.45, 7) is 2.39. The molecular weight excluding hydrogens is 242 g/mol. The number of aromatic nitrogens is 3. The number of aryl methyl sites for hydroxylation is 1. The zero-order valence-corrected chi connectivity index (χ0v) is 11.3. The van der Waals surface area contributed by atoms with E-state index in [1.165, 1.54) is 0 Å². The molecule has 0 spiro atoms. The number of anilines is 1. The van der Waals surface area contributed by atoms with Crippen LogP contribution >= 0.6 is 0 Å². The first kappa shape index (κ1) is 13.1. The second kappa shape index (κ2) is 5.51. The Labute approximate surface area is 111 Å². The normalized spacial score (nSPS) is 10.3. The second-order valence-corrected chi connectivity index (χ2v) is 4.40. The van der Waals surface area contributed by atoms with Crippen molar-refractivity contribution in [2.75, 3.05) is 19.4 Å². The summed E-state index contributed by atoms with van der Waals surface area (Å²) < 4.78 is 0. The molecule has 0 saturated carbocycles. The third-order valence-corrected chi connectivity index (χ3v) is 2.78. The molecule has 0 unspecified atom stereocenters. The smallest absolute Gasteiger partial charge is 0.254 e. The molecule has 0 fully saturated rings. The van der Waals surface area contributed by atoms with Gasteiger partial charge in [0.2, 0.25) is 0 Å². The lowest BCUT2D eigenvalue weighted by Gasteiger charge is -2.17. The van der Waals surface area contributed by atoms with Crippen molar-refractivity contribution in [1.29, 1.82) is 0 Å². The van der Waals surface area contributed by atoms with Gasteiger partial charge in [0.15, 0.2) is 0 Å². The fourth-order valence-corrected chi connectivity index (χ4v) is 1.85. The van der Waals surface area contributed by atoms with Crippen molar-refractivity contribution in [2.24, 2.45) is 0 Å². The molecule has 0 radical (unpaired) electrons. The van der Waals surface area contributed by atoms with Crippen LogP contribution in [0.25, 0.3) is 0 Å². The Hall–Kier alpha value is -2.37. The lowest BCUT2D eigenvalue weighted by molar-refractivity contribution is 0.0785. The van der Waals surface area contributed by atoms with Gasteiger partial charge in [0.05, 0.1) is 6.20 Å². The highest BCUT2D eigenvalue weighted by molar-refractivity contribution is 5.94. The van der Waals surface area contributed by atoms with Crippen molar-refractivity contribution in [3.8, 4) is 0 Å². The van der Waals surface area contributed by atoms with E-state index in [1.807, 2.05) is 6.92 Å². The van der Waals surface area contributed by atoms with Gasteiger partial charge in [0.1, 0.15) is 5.82 Å². The number of nitrogens with one attached hydrogen (secondary N) is 2. The quantitative estimate of drug-likeness (QED) is 0.871. The van der Waals surface area contributed by atoms with Gasteiger partial charge < -0.3 is 10.2 Å². The molecule has 0 aromatic carbocycles. The maximum absolute atomic E-state index is 12.3. The van der Waals surface area contributed by atoms with Gasteiger partial charge in [0.25, 0.3) is 5.91 Å². The van der Waals surface area contributed by atoms with Crippen LogP contribution in [-0.2, 0) is 6.54 Å². The minimum atomic E-state index is -0.0387. The Morgan fingerprint density at radius 3 is 2.89 bits per heavy atom. The molecule has 0 atom stereocenters. The van der Waals surface area contributed by atoms with Crippen LogP contribution in [0, 0.1) is 6.92 Å². The zero-order chi connectivity index (χ0) is 13.8. The molecule has 2 N–H and O–H groups in total. The van der Waals surface area contributed by atoms with Crippen LogP contribution in [0.5, 0.6) is 0 Å². The predicted molar refractivity (Wildman–Crippen MR) is 72.9 cm³/mol. The maximum Gasteiger partial charge on any atom is 0.254 e. The minimum absolute atomic E-state index is 0.0387. The van der Waals surface area contributed by atoms with Gasteiger partial charge >= 0.3 is 0 Å². The first-order chi connectivity index (χ1) is 9.10. The van der Waals surface area contributed by atoms with Gasteiger partial charge in [-0.1, -0.05) is 0 Å². The molecule has 100 valence electrons. The molecule has 6 nitrogen and oxygen atoms in total. The van der Waals surface area contributed by atoms with Gasteiger partial charge in [-0.3, -0.25) is 9.89 Å². The molecule has 0 bridgehead atoms. The number of nitrogens with zero attached hydrogens (tertiary/aromatic N) is 3. The fourth-order valence-electron chi connectivity index (χ4n) is 1.85. The summed E-state index contributed by atoms with van der Waals surface area (Å²) in [7, 11) is 3.55. The summed E-state index contributed by atoms with van der Waals surface area (Å²) in [6, 6.07) is 3.54. The second-order valence-electron chi connectivity index (χ2n) is 4.40. The number of amides is 1. The predicted octanol–water partition coefficient (Wildman–Crippen LogP) is 1.43. The number of H-pyrrole nitrogens is 1. The van der Waals surface area contributed by atoms with Crippen LogP contribution in [-0.4, -0.2) is 40.1 Å². The highest BCUT2D eigenvalue weighted by atomic mass is 16.2. The third-order valence-electron chi connectivity index (χ3n) is 2.78. The SMILES string of the molecule is CNc1cc(C(=O)N(C)Cc2cn[nH]c2)cc(C)n1. The Kier molecular flexibility index (Phi) is 3.79. The van der Waals surface area contributed by atoms with E-state index in [9.17, 15) is 4.79 Å². The molecule has 0 aliphatic heterocycles. The molecule has 1 amide bonds. The van der Waals surface area contributed by atoms with Crippen LogP contribution in [0.15, 0.2) is 24.5 Å². The van der Waals surface area contributed by atoms with E-state index in [1.54, 1.807) is 43.5 Å². The molecule has 2 aromatic heterocycles. The highest BCUT2D eigenvalue weighted by Crippen LogP contribution is 2.13. The van der Waals surface area contributed by atoms with Gasteiger partial charge in [-0.15, -0.1) is 0 Å². The van der Waals surface area contributed by atoms with Gasteiger partial charge in [-0.05, 0) is 19.1 Å². The fraction of sp³-hybridized carbons (Fsp3) is 0.308. The van der Waals surface area contributed by atoms with Crippen molar-refractivity contribution >= 4 is 11.7 Å². The highest BCUT2D eigenvalue weighted by Gasteiger charge is 2.14. The molecule has 0 aliphatic carbocycles. The van der Waals surface area contributed by atoms with E-state index in [0.29, 0.717) is 17.9 Å². The molecule has 0 aliphatic rings. The van der Waals surface area contributed by atoms with Crippen molar-refractivity contribution in [2.45, 2.75) is 13.5 Å². The first-order valence-corrected chi connectivity index (χ1v) is 5.99. The van der Waals surface area contributed by atoms with Gasteiger partial charge in [0, 0.05) is 43.7 Å². The Bertz CT molecular complexity index is 564. The van der Waals surface area contributed by atoms with E-state index in [4.69, 9.17) is 0 Å². The van der Waals surface area contributed by atoms with E-state index in [0.717, 1.165) is 11.3 Å². The number of carbonyl (C=O) groups excluding carboxylic acids is 1. The number of aromatic amines is 1. The molecule has 2 aromatic rings. The summed E-state index contributed by atoms with van der Waals surface area (Å²) in [5, 5.41) is 9.55. The van der Waals surface area contributed by atoms with Crippen molar-refractivity contribution in [3.63, 3.8) is 0 Å². The maximum atomic E-state index is 12.3. The summed E-state index contributed by atoms with van der Waals surface area (Å²) in [4.78, 5) is 18.3. The molecule has 19 heavy (non-hydrogen) atoms. The van der Waals surface area contributed by atoms with Crippen molar-refractivity contribution in [1.82, 2.24) is 20.1 Å². The van der Waals surface area contributed by atoms with E-state index < -0.39 is 0 Å². The summed E-state index contributed by atoms with van der Waals surface area (Å²) in [5.41, 5.74) is 2.41. The third kappa shape index (κ3) is 3.09. The number of rotatable bonds is 4. The van der Waals surface area contributed by atoms with Crippen LogP contribution in [0.2, 0.25) is 0 Å². The van der Waals surface area contributed by atoms with Gasteiger partial charge in [-0.25, -0.2) is 4.98 Å². The lowest BCUT2D eigenvalue weighted by atomic mass is 10.2.